The molecule has 1 aliphatic heterocycles. The van der Waals surface area contributed by atoms with Gasteiger partial charge in [0.25, 0.3) is 0 Å². The zero-order valence-corrected chi connectivity index (χ0v) is 9.10. The van der Waals surface area contributed by atoms with Crippen LogP contribution in [0.1, 0.15) is 12.8 Å². The zero-order chi connectivity index (χ0) is 11.4. The number of anilines is 1. The third-order valence-corrected chi connectivity index (χ3v) is 2.78. The molecule has 0 aliphatic carbocycles. The fourth-order valence-corrected chi connectivity index (χ4v) is 1.87. The molecule has 0 radical (unpaired) electrons. The summed E-state index contributed by atoms with van der Waals surface area (Å²) >= 11 is 0. The van der Waals surface area contributed by atoms with E-state index in [4.69, 9.17) is 14.8 Å². The molecular weight excluding hydrogens is 205 g/mol. The summed E-state index contributed by atoms with van der Waals surface area (Å²) in [6.07, 6.45) is 1.98. The molecular formula is C11H16BNO3. The molecule has 0 bridgehead atoms. The van der Waals surface area contributed by atoms with Crippen molar-refractivity contribution >= 4 is 18.3 Å². The second-order valence-corrected chi connectivity index (χ2v) is 4.03. The van der Waals surface area contributed by atoms with E-state index >= 15 is 0 Å². The van der Waals surface area contributed by atoms with Gasteiger partial charge in [-0.15, -0.1) is 0 Å². The van der Waals surface area contributed by atoms with Crippen molar-refractivity contribution in [2.24, 2.45) is 0 Å². The second-order valence-electron chi connectivity index (χ2n) is 4.03. The molecule has 1 heterocycles. The van der Waals surface area contributed by atoms with E-state index in [9.17, 15) is 0 Å². The van der Waals surface area contributed by atoms with Gasteiger partial charge in [0.05, 0.1) is 0 Å². The van der Waals surface area contributed by atoms with Crippen LogP contribution in [0.3, 0.4) is 0 Å². The summed E-state index contributed by atoms with van der Waals surface area (Å²) in [5, 5.41) is 21.5. The number of ether oxygens (including phenoxy) is 1. The van der Waals surface area contributed by atoms with Gasteiger partial charge in [-0.1, -0.05) is 12.1 Å². The summed E-state index contributed by atoms with van der Waals surface area (Å²) in [4.78, 5) is 0. The van der Waals surface area contributed by atoms with Crippen LogP contribution in [0, 0.1) is 0 Å². The highest BCUT2D eigenvalue weighted by Gasteiger charge is 2.15. The molecule has 1 aliphatic rings. The van der Waals surface area contributed by atoms with Gasteiger partial charge in [0, 0.05) is 24.9 Å². The van der Waals surface area contributed by atoms with Crippen LogP contribution < -0.4 is 10.8 Å². The molecule has 1 fully saturated rings. The average Bonchev–Trinajstić information content (AvgIpc) is 2.30. The van der Waals surface area contributed by atoms with E-state index in [-0.39, 0.29) is 0 Å². The Morgan fingerprint density at radius 3 is 2.69 bits per heavy atom. The molecule has 0 amide bonds. The first kappa shape index (κ1) is 11.5. The maximum absolute atomic E-state index is 9.06. The minimum atomic E-state index is -1.41. The Balaban J connectivity index is 2.00. The van der Waals surface area contributed by atoms with Gasteiger partial charge in [-0.25, -0.2) is 0 Å². The molecule has 1 aromatic rings. The summed E-state index contributed by atoms with van der Waals surface area (Å²) in [5.41, 5.74) is 1.44. The summed E-state index contributed by atoms with van der Waals surface area (Å²) in [6.45, 7) is 1.58. The van der Waals surface area contributed by atoms with E-state index in [2.05, 4.69) is 5.32 Å². The first-order valence-corrected chi connectivity index (χ1v) is 5.56. The first-order chi connectivity index (χ1) is 7.75. The van der Waals surface area contributed by atoms with Crippen molar-refractivity contribution in [3.05, 3.63) is 24.3 Å². The average molecular weight is 221 g/mol. The lowest BCUT2D eigenvalue weighted by Gasteiger charge is -2.24. The largest absolute Gasteiger partial charge is 0.488 e. The Morgan fingerprint density at radius 1 is 1.25 bits per heavy atom. The van der Waals surface area contributed by atoms with Crippen LogP contribution in [0.4, 0.5) is 5.69 Å². The monoisotopic (exact) mass is 221 g/mol. The predicted molar refractivity (Wildman–Crippen MR) is 63.7 cm³/mol. The highest BCUT2D eigenvalue weighted by molar-refractivity contribution is 6.58. The van der Waals surface area contributed by atoms with Gasteiger partial charge < -0.3 is 20.1 Å². The topological polar surface area (TPSA) is 61.7 Å². The maximum atomic E-state index is 9.06. The number of hydrogen-bond donors (Lipinski definition) is 3. The molecule has 0 atom stereocenters. The first-order valence-electron chi connectivity index (χ1n) is 5.56. The van der Waals surface area contributed by atoms with Crippen LogP contribution in [0.25, 0.3) is 0 Å². The van der Waals surface area contributed by atoms with Gasteiger partial charge >= 0.3 is 7.12 Å². The van der Waals surface area contributed by atoms with Crippen molar-refractivity contribution in [2.45, 2.75) is 18.9 Å². The molecule has 0 unspecified atom stereocenters. The van der Waals surface area contributed by atoms with Gasteiger partial charge in [-0.2, -0.15) is 0 Å². The van der Waals surface area contributed by atoms with Crippen LogP contribution in [-0.4, -0.2) is 36.4 Å². The summed E-state index contributed by atoms with van der Waals surface area (Å²) in [6, 6.07) is 7.62. The van der Waals surface area contributed by atoms with Crippen molar-refractivity contribution in [1.82, 2.24) is 0 Å². The Hall–Kier alpha value is -1.04. The normalized spacial score (nSPS) is 17.1. The lowest BCUT2D eigenvalue weighted by Crippen LogP contribution is -2.31. The van der Waals surface area contributed by atoms with Gasteiger partial charge in [0.2, 0.25) is 0 Å². The van der Waals surface area contributed by atoms with E-state index < -0.39 is 7.12 Å². The maximum Gasteiger partial charge on any atom is 0.488 e. The Bertz CT molecular complexity index is 340. The van der Waals surface area contributed by atoms with E-state index in [1.807, 2.05) is 12.1 Å². The molecule has 3 N–H and O–H groups in total. The molecule has 86 valence electrons. The third-order valence-electron chi connectivity index (χ3n) is 2.78. The van der Waals surface area contributed by atoms with Gasteiger partial charge in [-0.3, -0.25) is 0 Å². The van der Waals surface area contributed by atoms with Crippen LogP contribution >= 0.6 is 0 Å². The van der Waals surface area contributed by atoms with Crippen molar-refractivity contribution in [3.63, 3.8) is 0 Å². The van der Waals surface area contributed by atoms with Crippen molar-refractivity contribution in [3.8, 4) is 0 Å². The van der Waals surface area contributed by atoms with Crippen LogP contribution in [-0.2, 0) is 4.74 Å². The van der Waals surface area contributed by atoms with Crippen LogP contribution in [0.2, 0.25) is 0 Å². The highest BCUT2D eigenvalue weighted by atomic mass is 16.5. The zero-order valence-electron chi connectivity index (χ0n) is 9.10. The van der Waals surface area contributed by atoms with E-state index in [0.717, 1.165) is 31.7 Å². The lowest BCUT2D eigenvalue weighted by molar-refractivity contribution is 0.0904. The molecule has 0 saturated carbocycles. The number of rotatable bonds is 3. The quantitative estimate of drug-likeness (QED) is 0.626. The van der Waals surface area contributed by atoms with E-state index in [1.54, 1.807) is 12.1 Å². The second kappa shape index (κ2) is 5.34. The summed E-state index contributed by atoms with van der Waals surface area (Å²) < 4.78 is 5.28. The molecule has 1 aromatic carbocycles. The van der Waals surface area contributed by atoms with Gasteiger partial charge in [-0.05, 0) is 30.4 Å². The Kier molecular flexibility index (Phi) is 3.82. The fourth-order valence-electron chi connectivity index (χ4n) is 1.87. The molecule has 0 spiro atoms. The lowest BCUT2D eigenvalue weighted by atomic mass is 9.80. The van der Waals surface area contributed by atoms with Crippen molar-refractivity contribution in [2.75, 3.05) is 18.5 Å². The number of benzene rings is 1. The molecule has 0 aromatic heterocycles. The molecule has 16 heavy (non-hydrogen) atoms. The Labute approximate surface area is 95.4 Å². The molecule has 4 nitrogen and oxygen atoms in total. The number of hydrogen-bond acceptors (Lipinski definition) is 4. The molecule has 2 rings (SSSR count). The number of nitrogens with one attached hydrogen (secondary N) is 1. The van der Waals surface area contributed by atoms with Crippen molar-refractivity contribution < 1.29 is 14.8 Å². The smallest absolute Gasteiger partial charge is 0.423 e. The minimum absolute atomic E-state index is 0.417. The molecule has 1 saturated heterocycles. The van der Waals surface area contributed by atoms with Crippen LogP contribution in [0.5, 0.6) is 0 Å². The molecule has 5 heteroatoms. The highest BCUT2D eigenvalue weighted by Crippen LogP contribution is 2.13. The van der Waals surface area contributed by atoms with Gasteiger partial charge in [0.1, 0.15) is 0 Å². The fraction of sp³-hybridized carbons (Fsp3) is 0.455. The van der Waals surface area contributed by atoms with Gasteiger partial charge in [0.15, 0.2) is 0 Å². The summed E-state index contributed by atoms with van der Waals surface area (Å²) in [7, 11) is -1.41. The standard InChI is InChI=1S/C11H16BNO3/c14-12(15)9-2-1-3-11(8-9)13-10-4-6-16-7-5-10/h1-3,8,10,13-15H,4-7H2. The minimum Gasteiger partial charge on any atom is -0.423 e. The van der Waals surface area contributed by atoms with E-state index in [1.165, 1.54) is 0 Å². The van der Waals surface area contributed by atoms with E-state index in [0.29, 0.717) is 11.5 Å². The van der Waals surface area contributed by atoms with Crippen LogP contribution in [0.15, 0.2) is 24.3 Å². The third kappa shape index (κ3) is 2.98. The predicted octanol–water partition coefficient (Wildman–Crippen LogP) is -0.0427. The summed E-state index contributed by atoms with van der Waals surface area (Å²) in [5.74, 6) is 0. The van der Waals surface area contributed by atoms with Crippen molar-refractivity contribution in [1.29, 1.82) is 0 Å². The Morgan fingerprint density at radius 2 is 2.00 bits per heavy atom. The SMILES string of the molecule is OB(O)c1cccc(NC2CCOCC2)c1.